The molecule has 1 saturated carbocycles. The normalized spacial score (nSPS) is 21.6. The SMILES string of the molecule is Cc1c(C(=O)NC2CCCC2C(=O)O)oc2ccccc12. The van der Waals surface area contributed by atoms with Gasteiger partial charge in [0, 0.05) is 17.0 Å². The lowest BCUT2D eigenvalue weighted by Gasteiger charge is -2.16. The summed E-state index contributed by atoms with van der Waals surface area (Å²) in [4.78, 5) is 23.5. The van der Waals surface area contributed by atoms with Crippen molar-refractivity contribution in [1.29, 1.82) is 0 Å². The van der Waals surface area contributed by atoms with E-state index in [1.165, 1.54) is 0 Å². The predicted octanol–water partition coefficient (Wildman–Crippen LogP) is 2.72. The number of aryl methyl sites for hydroxylation is 1. The molecule has 1 heterocycles. The van der Waals surface area contributed by atoms with Crippen molar-refractivity contribution >= 4 is 22.8 Å². The summed E-state index contributed by atoms with van der Waals surface area (Å²) in [6.07, 6.45) is 2.13. The summed E-state index contributed by atoms with van der Waals surface area (Å²) in [7, 11) is 0. The molecule has 1 amide bonds. The van der Waals surface area contributed by atoms with Crippen LogP contribution < -0.4 is 5.32 Å². The van der Waals surface area contributed by atoms with Crippen LogP contribution in [0.15, 0.2) is 28.7 Å². The molecule has 1 aliphatic carbocycles. The van der Waals surface area contributed by atoms with E-state index in [-0.39, 0.29) is 17.7 Å². The van der Waals surface area contributed by atoms with Crippen molar-refractivity contribution in [1.82, 2.24) is 5.32 Å². The second-order valence-electron chi connectivity index (χ2n) is 5.51. The van der Waals surface area contributed by atoms with Crippen molar-refractivity contribution in [2.45, 2.75) is 32.2 Å². The van der Waals surface area contributed by atoms with Crippen LogP contribution in [0.25, 0.3) is 11.0 Å². The Morgan fingerprint density at radius 2 is 2.05 bits per heavy atom. The Balaban J connectivity index is 1.84. The third-order valence-corrected chi connectivity index (χ3v) is 4.20. The van der Waals surface area contributed by atoms with Crippen LogP contribution in [0.5, 0.6) is 0 Å². The standard InChI is InChI=1S/C16H17NO4/c1-9-10-5-2-3-8-13(10)21-14(9)15(18)17-12-7-4-6-11(12)16(19)20/h2-3,5,8,11-12H,4,6-7H2,1H3,(H,17,18)(H,19,20). The van der Waals surface area contributed by atoms with Gasteiger partial charge in [0.1, 0.15) is 5.58 Å². The van der Waals surface area contributed by atoms with Gasteiger partial charge in [-0.05, 0) is 25.8 Å². The number of carboxylic acid groups (broad SMARTS) is 1. The Bertz CT molecular complexity index is 703. The molecule has 1 fully saturated rings. The van der Waals surface area contributed by atoms with Crippen LogP contribution in [0.3, 0.4) is 0 Å². The third-order valence-electron chi connectivity index (χ3n) is 4.20. The van der Waals surface area contributed by atoms with Gasteiger partial charge >= 0.3 is 5.97 Å². The van der Waals surface area contributed by atoms with E-state index in [9.17, 15) is 9.59 Å². The largest absolute Gasteiger partial charge is 0.481 e. The molecule has 2 atom stereocenters. The maximum Gasteiger partial charge on any atom is 0.308 e. The van der Waals surface area contributed by atoms with Crippen molar-refractivity contribution in [3.8, 4) is 0 Å². The van der Waals surface area contributed by atoms with E-state index in [0.717, 1.165) is 17.4 Å². The Kier molecular flexibility index (Phi) is 3.41. The van der Waals surface area contributed by atoms with E-state index in [4.69, 9.17) is 9.52 Å². The number of para-hydroxylation sites is 1. The first kappa shape index (κ1) is 13.7. The van der Waals surface area contributed by atoms with E-state index in [2.05, 4.69) is 5.32 Å². The number of amides is 1. The molecule has 2 unspecified atom stereocenters. The summed E-state index contributed by atoms with van der Waals surface area (Å²) >= 11 is 0. The first-order valence-electron chi connectivity index (χ1n) is 7.09. The fourth-order valence-corrected chi connectivity index (χ4v) is 3.05. The molecule has 2 aromatic rings. The topological polar surface area (TPSA) is 79.5 Å². The number of hydrogen-bond acceptors (Lipinski definition) is 3. The molecule has 0 bridgehead atoms. The summed E-state index contributed by atoms with van der Waals surface area (Å²) in [5.74, 6) is -1.41. The molecule has 0 aliphatic heterocycles. The number of aliphatic carboxylic acids is 1. The van der Waals surface area contributed by atoms with Crippen LogP contribution in [-0.4, -0.2) is 23.0 Å². The van der Waals surface area contributed by atoms with Crippen molar-refractivity contribution in [3.05, 3.63) is 35.6 Å². The van der Waals surface area contributed by atoms with Gasteiger partial charge in [-0.3, -0.25) is 9.59 Å². The molecule has 5 nitrogen and oxygen atoms in total. The van der Waals surface area contributed by atoms with Gasteiger partial charge in [0.2, 0.25) is 0 Å². The van der Waals surface area contributed by atoms with Crippen LogP contribution >= 0.6 is 0 Å². The van der Waals surface area contributed by atoms with Gasteiger partial charge in [-0.1, -0.05) is 24.6 Å². The smallest absolute Gasteiger partial charge is 0.308 e. The molecular formula is C16H17NO4. The number of carboxylic acids is 1. The highest BCUT2D eigenvalue weighted by molar-refractivity contribution is 5.99. The van der Waals surface area contributed by atoms with Gasteiger partial charge in [0.25, 0.3) is 5.91 Å². The zero-order chi connectivity index (χ0) is 15.0. The third kappa shape index (κ3) is 2.39. The maximum atomic E-state index is 12.4. The van der Waals surface area contributed by atoms with Crippen molar-refractivity contribution in [2.24, 2.45) is 5.92 Å². The molecule has 1 aliphatic rings. The minimum absolute atomic E-state index is 0.271. The van der Waals surface area contributed by atoms with Gasteiger partial charge in [-0.2, -0.15) is 0 Å². The number of benzene rings is 1. The first-order valence-corrected chi connectivity index (χ1v) is 7.09. The van der Waals surface area contributed by atoms with Crippen molar-refractivity contribution in [3.63, 3.8) is 0 Å². The number of carbonyl (C=O) groups excluding carboxylic acids is 1. The summed E-state index contributed by atoms with van der Waals surface area (Å²) in [5, 5.41) is 12.9. The molecule has 21 heavy (non-hydrogen) atoms. The second-order valence-corrected chi connectivity index (χ2v) is 5.51. The Labute approximate surface area is 121 Å². The summed E-state index contributed by atoms with van der Waals surface area (Å²) in [6, 6.07) is 7.14. The molecule has 2 N–H and O–H groups in total. The lowest BCUT2D eigenvalue weighted by molar-refractivity contribution is -0.142. The zero-order valence-electron chi connectivity index (χ0n) is 11.8. The highest BCUT2D eigenvalue weighted by Crippen LogP contribution is 2.28. The Hall–Kier alpha value is -2.30. The number of furan rings is 1. The Morgan fingerprint density at radius 1 is 1.29 bits per heavy atom. The van der Waals surface area contributed by atoms with Crippen LogP contribution in [0.2, 0.25) is 0 Å². The van der Waals surface area contributed by atoms with Crippen molar-refractivity contribution < 1.29 is 19.1 Å². The fourth-order valence-electron chi connectivity index (χ4n) is 3.05. The number of carbonyl (C=O) groups is 2. The molecule has 0 saturated heterocycles. The molecule has 0 spiro atoms. The lowest BCUT2D eigenvalue weighted by atomic mass is 10.0. The van der Waals surface area contributed by atoms with E-state index >= 15 is 0 Å². The van der Waals surface area contributed by atoms with E-state index < -0.39 is 11.9 Å². The minimum Gasteiger partial charge on any atom is -0.481 e. The van der Waals surface area contributed by atoms with Crippen LogP contribution in [0.4, 0.5) is 0 Å². The summed E-state index contributed by atoms with van der Waals surface area (Å²) in [6.45, 7) is 1.84. The first-order chi connectivity index (χ1) is 10.1. The molecule has 3 rings (SSSR count). The van der Waals surface area contributed by atoms with Gasteiger partial charge in [-0.15, -0.1) is 0 Å². The van der Waals surface area contributed by atoms with E-state index in [1.807, 2.05) is 31.2 Å². The predicted molar refractivity (Wildman–Crippen MR) is 77.2 cm³/mol. The molecule has 5 heteroatoms. The van der Waals surface area contributed by atoms with Gasteiger partial charge < -0.3 is 14.8 Å². The lowest BCUT2D eigenvalue weighted by Crippen LogP contribution is -2.40. The molecule has 0 radical (unpaired) electrons. The zero-order valence-corrected chi connectivity index (χ0v) is 11.8. The van der Waals surface area contributed by atoms with Gasteiger partial charge in [0.15, 0.2) is 5.76 Å². The van der Waals surface area contributed by atoms with Crippen LogP contribution in [-0.2, 0) is 4.79 Å². The number of nitrogens with one attached hydrogen (secondary N) is 1. The average molecular weight is 287 g/mol. The molecule has 110 valence electrons. The Morgan fingerprint density at radius 3 is 2.76 bits per heavy atom. The van der Waals surface area contributed by atoms with Crippen molar-refractivity contribution in [2.75, 3.05) is 0 Å². The van der Waals surface area contributed by atoms with Gasteiger partial charge in [0.05, 0.1) is 5.92 Å². The summed E-state index contributed by atoms with van der Waals surface area (Å²) in [5.41, 5.74) is 1.45. The van der Waals surface area contributed by atoms with Crippen LogP contribution in [0, 0.1) is 12.8 Å². The highest BCUT2D eigenvalue weighted by Gasteiger charge is 2.34. The summed E-state index contributed by atoms with van der Waals surface area (Å²) < 4.78 is 5.61. The monoisotopic (exact) mass is 287 g/mol. The highest BCUT2D eigenvalue weighted by atomic mass is 16.4. The maximum absolute atomic E-state index is 12.4. The van der Waals surface area contributed by atoms with Gasteiger partial charge in [-0.25, -0.2) is 0 Å². The molecule has 1 aromatic carbocycles. The number of fused-ring (bicyclic) bond motifs is 1. The molecule has 1 aromatic heterocycles. The number of hydrogen-bond donors (Lipinski definition) is 2. The quantitative estimate of drug-likeness (QED) is 0.909. The molecular weight excluding hydrogens is 270 g/mol. The van der Waals surface area contributed by atoms with E-state index in [0.29, 0.717) is 18.4 Å². The van der Waals surface area contributed by atoms with Crippen LogP contribution in [0.1, 0.15) is 35.4 Å². The van der Waals surface area contributed by atoms with E-state index in [1.54, 1.807) is 0 Å². The number of rotatable bonds is 3. The minimum atomic E-state index is -0.848. The fraction of sp³-hybridized carbons (Fsp3) is 0.375. The average Bonchev–Trinajstić information content (AvgIpc) is 3.04. The second kappa shape index (κ2) is 5.24.